The summed E-state index contributed by atoms with van der Waals surface area (Å²) in [6.07, 6.45) is 0. The highest BCUT2D eigenvalue weighted by atomic mass is 32.2. The Labute approximate surface area is 92.7 Å². The van der Waals surface area contributed by atoms with Crippen LogP contribution in [0.15, 0.2) is 18.2 Å². The van der Waals surface area contributed by atoms with Crippen LogP contribution in [0, 0.1) is 11.2 Å². The van der Waals surface area contributed by atoms with E-state index in [0.29, 0.717) is 0 Å². The molecule has 1 heterocycles. The van der Waals surface area contributed by atoms with Gasteiger partial charge in [-0.1, -0.05) is 12.1 Å². The molecule has 1 aromatic carbocycles. The molecule has 0 saturated heterocycles. The average Bonchev–Trinajstić information content (AvgIpc) is 2.14. The lowest BCUT2D eigenvalue weighted by Crippen LogP contribution is -2.39. The van der Waals surface area contributed by atoms with Crippen molar-refractivity contribution in [1.29, 1.82) is 5.41 Å². The molecule has 0 unspecified atom stereocenters. The Bertz CT molecular complexity index is 578. The minimum absolute atomic E-state index is 0.0812. The molecule has 0 bridgehead atoms. The van der Waals surface area contributed by atoms with Crippen LogP contribution in [-0.2, 0) is 19.0 Å². The first kappa shape index (κ1) is 11.1. The van der Waals surface area contributed by atoms with Crippen molar-refractivity contribution >= 4 is 16.0 Å². The summed E-state index contributed by atoms with van der Waals surface area (Å²) in [5, 5.41) is 7.40. The number of hydrogen-bond donors (Lipinski definition) is 1. The van der Waals surface area contributed by atoms with E-state index >= 15 is 0 Å². The van der Waals surface area contributed by atoms with E-state index in [1.807, 2.05) is 0 Å². The average molecular weight is 243 g/mol. The Balaban J connectivity index is 2.85. The van der Waals surface area contributed by atoms with Crippen LogP contribution in [-0.4, -0.2) is 14.3 Å². The SMILES string of the molecule is CC1(C)c2cccc(F)c2C(=N)OS1(=O)=O. The lowest BCUT2D eigenvalue weighted by Gasteiger charge is -2.31. The summed E-state index contributed by atoms with van der Waals surface area (Å²) in [6, 6.07) is 4.09. The maximum Gasteiger partial charge on any atom is 0.320 e. The van der Waals surface area contributed by atoms with Gasteiger partial charge in [-0.15, -0.1) is 0 Å². The number of rotatable bonds is 0. The molecule has 0 radical (unpaired) electrons. The van der Waals surface area contributed by atoms with Gasteiger partial charge >= 0.3 is 10.1 Å². The standard InChI is InChI=1S/C10H10FNO3S/c1-10(2)6-4-3-5-7(11)8(6)9(12)15-16(10,13)14/h3-5,12H,1-2H3. The third-order valence-electron chi connectivity index (χ3n) is 2.71. The Hall–Kier alpha value is -1.43. The van der Waals surface area contributed by atoms with Gasteiger partial charge < -0.3 is 4.18 Å². The molecule has 0 aliphatic carbocycles. The highest BCUT2D eigenvalue weighted by Crippen LogP contribution is 2.38. The lowest BCUT2D eigenvalue weighted by molar-refractivity contribution is 0.430. The van der Waals surface area contributed by atoms with Crippen LogP contribution in [0.1, 0.15) is 25.0 Å². The van der Waals surface area contributed by atoms with Gasteiger partial charge in [-0.2, -0.15) is 8.42 Å². The Morgan fingerprint density at radius 3 is 2.62 bits per heavy atom. The summed E-state index contributed by atoms with van der Waals surface area (Å²) in [5.41, 5.74) is 0.172. The molecule has 0 aromatic heterocycles. The van der Waals surface area contributed by atoms with E-state index in [0.717, 1.165) is 0 Å². The van der Waals surface area contributed by atoms with Gasteiger partial charge in [0.2, 0.25) is 5.90 Å². The van der Waals surface area contributed by atoms with Crippen molar-refractivity contribution in [3.63, 3.8) is 0 Å². The van der Waals surface area contributed by atoms with Gasteiger partial charge in [0.05, 0.1) is 5.56 Å². The monoisotopic (exact) mass is 243 g/mol. The highest BCUT2D eigenvalue weighted by Gasteiger charge is 2.46. The van der Waals surface area contributed by atoms with Crippen molar-refractivity contribution < 1.29 is 17.0 Å². The van der Waals surface area contributed by atoms with E-state index in [1.165, 1.54) is 32.0 Å². The molecule has 1 aromatic rings. The van der Waals surface area contributed by atoms with Crippen molar-refractivity contribution in [1.82, 2.24) is 0 Å². The first-order valence-corrected chi connectivity index (χ1v) is 6.00. The molecule has 2 rings (SSSR count). The van der Waals surface area contributed by atoms with Crippen molar-refractivity contribution in [3.8, 4) is 0 Å². The van der Waals surface area contributed by atoms with Gasteiger partial charge in [0, 0.05) is 0 Å². The third-order valence-corrected chi connectivity index (χ3v) is 4.56. The minimum atomic E-state index is -3.93. The van der Waals surface area contributed by atoms with E-state index in [1.54, 1.807) is 0 Å². The van der Waals surface area contributed by atoms with Crippen LogP contribution in [0.3, 0.4) is 0 Å². The molecule has 1 N–H and O–H groups in total. The fourth-order valence-corrected chi connectivity index (χ4v) is 2.60. The molecular weight excluding hydrogens is 233 g/mol. The normalized spacial score (nSPS) is 21.1. The first-order chi connectivity index (χ1) is 7.27. The van der Waals surface area contributed by atoms with Crippen LogP contribution in [0.25, 0.3) is 0 Å². The van der Waals surface area contributed by atoms with Crippen molar-refractivity contribution in [2.24, 2.45) is 0 Å². The molecule has 4 nitrogen and oxygen atoms in total. The Morgan fingerprint density at radius 1 is 1.38 bits per heavy atom. The largest absolute Gasteiger partial charge is 0.361 e. The highest BCUT2D eigenvalue weighted by molar-refractivity contribution is 7.88. The Morgan fingerprint density at radius 2 is 2.00 bits per heavy atom. The van der Waals surface area contributed by atoms with E-state index in [-0.39, 0.29) is 11.1 Å². The summed E-state index contributed by atoms with van der Waals surface area (Å²) < 4.78 is 40.1. The summed E-state index contributed by atoms with van der Waals surface area (Å²) in [4.78, 5) is 0. The van der Waals surface area contributed by atoms with Gasteiger partial charge in [0.1, 0.15) is 10.6 Å². The van der Waals surface area contributed by atoms with Crippen LogP contribution >= 0.6 is 0 Å². The molecule has 1 aliphatic rings. The fourth-order valence-electron chi connectivity index (χ4n) is 1.65. The summed E-state index contributed by atoms with van der Waals surface area (Å²) in [6.45, 7) is 2.85. The van der Waals surface area contributed by atoms with Crippen LogP contribution in [0.5, 0.6) is 0 Å². The van der Waals surface area contributed by atoms with Crippen LogP contribution in [0.4, 0.5) is 4.39 Å². The number of nitrogens with one attached hydrogen (secondary N) is 1. The van der Waals surface area contributed by atoms with E-state index in [2.05, 4.69) is 4.18 Å². The van der Waals surface area contributed by atoms with E-state index in [4.69, 9.17) is 5.41 Å². The zero-order chi connectivity index (χ0) is 12.1. The molecular formula is C10H10FNO3S. The molecule has 0 atom stereocenters. The fraction of sp³-hybridized carbons (Fsp3) is 0.300. The predicted octanol–water partition coefficient (Wildman–Crippen LogP) is 1.75. The van der Waals surface area contributed by atoms with Crippen LogP contribution < -0.4 is 0 Å². The number of benzene rings is 1. The predicted molar refractivity (Wildman–Crippen MR) is 56.3 cm³/mol. The van der Waals surface area contributed by atoms with Crippen molar-refractivity contribution in [2.45, 2.75) is 18.6 Å². The summed E-state index contributed by atoms with van der Waals surface area (Å²) in [7, 11) is -3.93. The minimum Gasteiger partial charge on any atom is -0.361 e. The molecule has 6 heteroatoms. The van der Waals surface area contributed by atoms with Crippen LogP contribution in [0.2, 0.25) is 0 Å². The zero-order valence-corrected chi connectivity index (χ0v) is 9.56. The maximum atomic E-state index is 13.5. The second-order valence-electron chi connectivity index (χ2n) is 4.04. The number of fused-ring (bicyclic) bond motifs is 1. The molecule has 0 fully saturated rings. The second-order valence-corrected chi connectivity index (χ2v) is 6.13. The van der Waals surface area contributed by atoms with Gasteiger partial charge in [0.15, 0.2) is 0 Å². The molecule has 0 amide bonds. The summed E-state index contributed by atoms with van der Waals surface area (Å²) >= 11 is 0. The topological polar surface area (TPSA) is 67.2 Å². The Kier molecular flexibility index (Phi) is 2.10. The summed E-state index contributed by atoms with van der Waals surface area (Å²) in [5.74, 6) is -1.31. The smallest absolute Gasteiger partial charge is 0.320 e. The van der Waals surface area contributed by atoms with E-state index in [9.17, 15) is 12.8 Å². The zero-order valence-electron chi connectivity index (χ0n) is 8.74. The van der Waals surface area contributed by atoms with E-state index < -0.39 is 26.6 Å². The first-order valence-electron chi connectivity index (χ1n) is 4.59. The molecule has 86 valence electrons. The van der Waals surface area contributed by atoms with Crippen molar-refractivity contribution in [2.75, 3.05) is 0 Å². The maximum absolute atomic E-state index is 13.5. The van der Waals surface area contributed by atoms with Gasteiger partial charge in [0.25, 0.3) is 0 Å². The molecule has 1 aliphatic heterocycles. The third kappa shape index (κ3) is 1.26. The van der Waals surface area contributed by atoms with Gasteiger partial charge in [-0.3, -0.25) is 5.41 Å². The second kappa shape index (κ2) is 3.04. The van der Waals surface area contributed by atoms with Crippen molar-refractivity contribution in [3.05, 3.63) is 35.1 Å². The van der Waals surface area contributed by atoms with Gasteiger partial charge in [-0.25, -0.2) is 4.39 Å². The molecule has 16 heavy (non-hydrogen) atoms. The molecule has 0 saturated carbocycles. The lowest BCUT2D eigenvalue weighted by atomic mass is 9.95. The number of hydrogen-bond acceptors (Lipinski definition) is 4. The number of halogens is 1. The quantitative estimate of drug-likeness (QED) is 0.706. The molecule has 0 spiro atoms. The van der Waals surface area contributed by atoms with Gasteiger partial charge in [-0.05, 0) is 25.5 Å².